The molecule has 1 aliphatic heterocycles. The van der Waals surface area contributed by atoms with Crippen molar-refractivity contribution in [2.45, 2.75) is 44.6 Å². The predicted octanol–water partition coefficient (Wildman–Crippen LogP) is 2.58. The molecule has 0 N–H and O–H groups in total. The Bertz CT molecular complexity index is 199. The minimum atomic E-state index is 0.568. The summed E-state index contributed by atoms with van der Waals surface area (Å²) >= 11 is 0. The molecule has 1 fully saturated rings. The summed E-state index contributed by atoms with van der Waals surface area (Å²) in [5, 5.41) is 0. The van der Waals surface area contributed by atoms with Crippen LogP contribution < -0.4 is 0 Å². The van der Waals surface area contributed by atoms with Gasteiger partial charge < -0.3 is 0 Å². The molecule has 1 spiro atoms. The molecular formula is C11H19N. The van der Waals surface area contributed by atoms with Gasteiger partial charge >= 0.3 is 0 Å². The first-order valence-corrected chi connectivity index (χ1v) is 5.10. The maximum atomic E-state index is 2.56. The molecule has 2 rings (SSSR count). The maximum Gasteiger partial charge on any atom is 0.0246 e. The molecule has 0 radical (unpaired) electrons. The fraction of sp³-hybridized carbons (Fsp3) is 0.818. The number of rotatable bonds is 0. The van der Waals surface area contributed by atoms with Gasteiger partial charge in [-0.2, -0.15) is 0 Å². The number of hydrogen-bond donors (Lipinski definition) is 0. The summed E-state index contributed by atoms with van der Waals surface area (Å²) in [5.41, 5.74) is 2.17. The topological polar surface area (TPSA) is 3.24 Å². The molecule has 0 aromatic carbocycles. The Morgan fingerprint density at radius 3 is 2.67 bits per heavy atom. The first kappa shape index (κ1) is 8.31. The highest BCUT2D eigenvalue weighted by Crippen LogP contribution is 2.41. The summed E-state index contributed by atoms with van der Waals surface area (Å²) in [6.45, 7) is 3.46. The van der Waals surface area contributed by atoms with Crippen LogP contribution in [0.5, 0.6) is 0 Å². The Kier molecular flexibility index (Phi) is 1.99. The van der Waals surface area contributed by atoms with Gasteiger partial charge in [0.15, 0.2) is 0 Å². The van der Waals surface area contributed by atoms with E-state index in [9.17, 15) is 0 Å². The quantitative estimate of drug-likeness (QED) is 0.499. The molecule has 1 heterocycles. The molecule has 0 aromatic rings. The van der Waals surface area contributed by atoms with Crippen LogP contribution in [0, 0.1) is 0 Å². The van der Waals surface area contributed by atoms with Gasteiger partial charge in [-0.1, -0.05) is 24.5 Å². The van der Waals surface area contributed by atoms with Crippen LogP contribution in [0.25, 0.3) is 0 Å². The standard InChI is InChI=1S/C11H19N/c1-10-5-8-12(2)11(9-10)6-3-4-7-11/h5H,3-4,6-9H2,1-2H3. The van der Waals surface area contributed by atoms with Crippen molar-refractivity contribution in [3.05, 3.63) is 11.6 Å². The first-order chi connectivity index (χ1) is 5.73. The molecule has 0 bridgehead atoms. The van der Waals surface area contributed by atoms with Crippen molar-refractivity contribution < 1.29 is 0 Å². The molecule has 0 amide bonds. The van der Waals surface area contributed by atoms with Gasteiger partial charge in [-0.05, 0) is 33.2 Å². The molecule has 1 saturated carbocycles. The summed E-state index contributed by atoms with van der Waals surface area (Å²) in [4.78, 5) is 2.56. The number of hydrogen-bond acceptors (Lipinski definition) is 1. The smallest absolute Gasteiger partial charge is 0.0246 e. The second kappa shape index (κ2) is 2.88. The van der Waals surface area contributed by atoms with Gasteiger partial charge in [0.1, 0.15) is 0 Å². The highest BCUT2D eigenvalue weighted by Gasteiger charge is 2.38. The molecule has 2 aliphatic rings. The average molecular weight is 165 g/mol. The minimum absolute atomic E-state index is 0.568. The number of likely N-dealkylation sites (N-methyl/N-ethyl adjacent to an activating group) is 1. The molecule has 0 unspecified atom stereocenters. The predicted molar refractivity (Wildman–Crippen MR) is 52.2 cm³/mol. The van der Waals surface area contributed by atoms with Crippen molar-refractivity contribution in [3.8, 4) is 0 Å². The zero-order chi connectivity index (χ0) is 8.60. The molecule has 0 saturated heterocycles. The third kappa shape index (κ3) is 1.20. The van der Waals surface area contributed by atoms with Gasteiger partial charge in [-0.3, -0.25) is 4.90 Å². The van der Waals surface area contributed by atoms with Crippen LogP contribution in [-0.4, -0.2) is 24.0 Å². The van der Waals surface area contributed by atoms with E-state index in [4.69, 9.17) is 0 Å². The van der Waals surface area contributed by atoms with E-state index in [2.05, 4.69) is 24.9 Å². The molecule has 68 valence electrons. The second-order valence-corrected chi connectivity index (χ2v) is 4.54. The SMILES string of the molecule is CC1=CCN(C)C2(CCCC2)C1. The van der Waals surface area contributed by atoms with Gasteiger partial charge in [0.25, 0.3) is 0 Å². The Hall–Kier alpha value is -0.300. The van der Waals surface area contributed by atoms with Crippen LogP contribution in [0.3, 0.4) is 0 Å². The van der Waals surface area contributed by atoms with Gasteiger partial charge in [0.2, 0.25) is 0 Å². The van der Waals surface area contributed by atoms with E-state index in [-0.39, 0.29) is 0 Å². The van der Waals surface area contributed by atoms with E-state index in [0.29, 0.717) is 5.54 Å². The lowest BCUT2D eigenvalue weighted by molar-refractivity contribution is 0.128. The summed E-state index contributed by atoms with van der Waals surface area (Å²) in [6.07, 6.45) is 9.44. The highest BCUT2D eigenvalue weighted by atomic mass is 15.2. The Labute approximate surface area is 75.4 Å². The third-order valence-electron chi connectivity index (χ3n) is 3.67. The third-order valence-corrected chi connectivity index (χ3v) is 3.67. The van der Waals surface area contributed by atoms with E-state index in [0.717, 1.165) is 0 Å². The van der Waals surface area contributed by atoms with Crippen molar-refractivity contribution in [1.82, 2.24) is 4.90 Å². The van der Waals surface area contributed by atoms with Gasteiger partial charge in [0, 0.05) is 12.1 Å². The minimum Gasteiger partial charge on any atom is -0.297 e. The van der Waals surface area contributed by atoms with E-state index < -0.39 is 0 Å². The molecule has 1 nitrogen and oxygen atoms in total. The summed E-state index contributed by atoms with van der Waals surface area (Å²) in [6, 6.07) is 0. The second-order valence-electron chi connectivity index (χ2n) is 4.54. The van der Waals surface area contributed by atoms with Crippen LogP contribution in [-0.2, 0) is 0 Å². The van der Waals surface area contributed by atoms with Crippen LogP contribution >= 0.6 is 0 Å². The van der Waals surface area contributed by atoms with E-state index in [1.54, 1.807) is 5.57 Å². The zero-order valence-electron chi connectivity index (χ0n) is 8.27. The van der Waals surface area contributed by atoms with Gasteiger partial charge in [0.05, 0.1) is 0 Å². The summed E-state index contributed by atoms with van der Waals surface area (Å²) in [5.74, 6) is 0. The zero-order valence-corrected chi connectivity index (χ0v) is 8.27. The fourth-order valence-corrected chi connectivity index (χ4v) is 2.80. The lowest BCUT2D eigenvalue weighted by atomic mass is 9.85. The van der Waals surface area contributed by atoms with Crippen molar-refractivity contribution in [2.75, 3.05) is 13.6 Å². The van der Waals surface area contributed by atoms with Crippen molar-refractivity contribution >= 4 is 0 Å². The van der Waals surface area contributed by atoms with E-state index >= 15 is 0 Å². The molecule has 1 heteroatoms. The van der Waals surface area contributed by atoms with Crippen molar-refractivity contribution in [2.24, 2.45) is 0 Å². The largest absolute Gasteiger partial charge is 0.297 e. The fourth-order valence-electron chi connectivity index (χ4n) is 2.80. The molecule has 1 aliphatic carbocycles. The Balaban J connectivity index is 2.18. The normalized spacial score (nSPS) is 29.3. The lowest BCUT2D eigenvalue weighted by Crippen LogP contribution is -2.46. The summed E-state index contributed by atoms with van der Waals surface area (Å²) < 4.78 is 0. The van der Waals surface area contributed by atoms with Crippen molar-refractivity contribution in [3.63, 3.8) is 0 Å². The van der Waals surface area contributed by atoms with Gasteiger partial charge in [-0.25, -0.2) is 0 Å². The molecular weight excluding hydrogens is 146 g/mol. The van der Waals surface area contributed by atoms with Crippen molar-refractivity contribution in [1.29, 1.82) is 0 Å². The van der Waals surface area contributed by atoms with Crippen LogP contribution in [0.2, 0.25) is 0 Å². The number of nitrogens with zero attached hydrogens (tertiary/aromatic N) is 1. The van der Waals surface area contributed by atoms with Crippen LogP contribution in [0.4, 0.5) is 0 Å². The first-order valence-electron chi connectivity index (χ1n) is 5.10. The molecule has 12 heavy (non-hydrogen) atoms. The molecule has 0 atom stereocenters. The maximum absolute atomic E-state index is 2.56. The molecule has 0 aromatic heterocycles. The van der Waals surface area contributed by atoms with Crippen LogP contribution in [0.15, 0.2) is 11.6 Å². The van der Waals surface area contributed by atoms with Crippen LogP contribution in [0.1, 0.15) is 39.0 Å². The Morgan fingerprint density at radius 2 is 2.00 bits per heavy atom. The average Bonchev–Trinajstić information content (AvgIpc) is 2.48. The lowest BCUT2D eigenvalue weighted by Gasteiger charge is -2.42. The monoisotopic (exact) mass is 165 g/mol. The van der Waals surface area contributed by atoms with E-state index in [1.165, 1.54) is 38.6 Å². The summed E-state index contributed by atoms with van der Waals surface area (Å²) in [7, 11) is 2.29. The highest BCUT2D eigenvalue weighted by molar-refractivity contribution is 5.13. The van der Waals surface area contributed by atoms with E-state index in [1.807, 2.05) is 0 Å². The Morgan fingerprint density at radius 1 is 1.33 bits per heavy atom. The van der Waals surface area contributed by atoms with Gasteiger partial charge in [-0.15, -0.1) is 0 Å².